The van der Waals surface area contributed by atoms with Crippen LogP contribution >= 0.6 is 0 Å². The average Bonchev–Trinajstić information content (AvgIpc) is 2.55. The van der Waals surface area contributed by atoms with Crippen molar-refractivity contribution in [3.8, 4) is 5.75 Å². The highest BCUT2D eigenvalue weighted by molar-refractivity contribution is 5.94. The van der Waals surface area contributed by atoms with Crippen molar-refractivity contribution >= 4 is 11.6 Å². The number of benzene rings is 2. The molecule has 2 rings (SSSR count). The number of aryl methyl sites for hydroxylation is 1. The number of halogens is 3. The predicted octanol–water partition coefficient (Wildman–Crippen LogP) is 5.12. The molecule has 1 amide bonds. The van der Waals surface area contributed by atoms with Crippen LogP contribution in [0.15, 0.2) is 42.5 Å². The van der Waals surface area contributed by atoms with Gasteiger partial charge in [-0.3, -0.25) is 4.79 Å². The zero-order valence-electron chi connectivity index (χ0n) is 14.3. The van der Waals surface area contributed by atoms with Gasteiger partial charge in [0.1, 0.15) is 5.75 Å². The van der Waals surface area contributed by atoms with Gasteiger partial charge in [0.25, 0.3) is 5.91 Å². The molecule has 0 unspecified atom stereocenters. The third-order valence-corrected chi connectivity index (χ3v) is 3.97. The van der Waals surface area contributed by atoms with Gasteiger partial charge < -0.3 is 10.1 Å². The van der Waals surface area contributed by atoms with Crippen molar-refractivity contribution < 1.29 is 22.7 Å². The van der Waals surface area contributed by atoms with E-state index in [4.69, 9.17) is 4.74 Å². The van der Waals surface area contributed by atoms with Gasteiger partial charge in [-0.05, 0) is 61.7 Å². The topological polar surface area (TPSA) is 38.3 Å². The van der Waals surface area contributed by atoms with Crippen molar-refractivity contribution in [1.29, 1.82) is 0 Å². The minimum atomic E-state index is -4.40. The number of amides is 1. The van der Waals surface area contributed by atoms with Crippen LogP contribution in [0.2, 0.25) is 0 Å². The summed E-state index contributed by atoms with van der Waals surface area (Å²) < 4.78 is 43.5. The van der Waals surface area contributed by atoms with Crippen molar-refractivity contribution in [2.75, 3.05) is 5.32 Å². The maximum Gasteiger partial charge on any atom is 0.416 e. The second kappa shape index (κ2) is 7.59. The molecule has 0 heterocycles. The fraction of sp³-hybridized carbons (Fsp3) is 0.316. The quantitative estimate of drug-likeness (QED) is 0.812. The molecule has 134 valence electrons. The van der Waals surface area contributed by atoms with Crippen molar-refractivity contribution in [2.45, 2.75) is 39.5 Å². The van der Waals surface area contributed by atoms with Gasteiger partial charge in [-0.15, -0.1) is 0 Å². The van der Waals surface area contributed by atoms with E-state index in [1.807, 2.05) is 32.9 Å². The minimum absolute atomic E-state index is 0.293. The number of alkyl halides is 3. The summed E-state index contributed by atoms with van der Waals surface area (Å²) in [7, 11) is 0. The standard InChI is InChI=1S/C19H20F3NO2/c1-4-16(25-17-7-5-6-12(2)13(17)3)18(24)23-15-10-8-14(9-11-15)19(20,21)22/h5-11,16H,4H2,1-3H3,(H,23,24)/t16-/m0/s1. The Morgan fingerprint density at radius 2 is 1.76 bits per heavy atom. The van der Waals surface area contributed by atoms with Gasteiger partial charge in [0.2, 0.25) is 0 Å². The van der Waals surface area contributed by atoms with Gasteiger partial charge in [-0.25, -0.2) is 0 Å². The molecule has 6 heteroatoms. The second-order valence-corrected chi connectivity index (χ2v) is 5.78. The lowest BCUT2D eigenvalue weighted by Gasteiger charge is -2.19. The SMILES string of the molecule is CC[C@H](Oc1cccc(C)c1C)C(=O)Nc1ccc(C(F)(F)F)cc1. The summed E-state index contributed by atoms with van der Waals surface area (Å²) in [4.78, 5) is 12.4. The number of anilines is 1. The molecule has 0 fully saturated rings. The zero-order valence-corrected chi connectivity index (χ0v) is 14.3. The monoisotopic (exact) mass is 351 g/mol. The molecule has 0 bridgehead atoms. The molecule has 0 spiro atoms. The van der Waals surface area contributed by atoms with E-state index in [1.54, 1.807) is 6.07 Å². The molecule has 2 aromatic carbocycles. The smallest absolute Gasteiger partial charge is 0.416 e. The van der Waals surface area contributed by atoms with Gasteiger partial charge in [-0.1, -0.05) is 19.1 Å². The first kappa shape index (κ1) is 18.8. The van der Waals surface area contributed by atoms with E-state index < -0.39 is 23.8 Å². The number of rotatable bonds is 5. The normalized spacial score (nSPS) is 12.6. The first-order valence-electron chi connectivity index (χ1n) is 7.93. The summed E-state index contributed by atoms with van der Waals surface area (Å²) >= 11 is 0. The van der Waals surface area contributed by atoms with E-state index in [1.165, 1.54) is 12.1 Å². The first-order valence-corrected chi connectivity index (χ1v) is 7.93. The van der Waals surface area contributed by atoms with Gasteiger partial charge in [0.15, 0.2) is 6.10 Å². The van der Waals surface area contributed by atoms with E-state index in [2.05, 4.69) is 5.32 Å². The maximum absolute atomic E-state index is 12.6. The molecule has 0 aliphatic carbocycles. The molecule has 0 saturated carbocycles. The lowest BCUT2D eigenvalue weighted by atomic mass is 10.1. The average molecular weight is 351 g/mol. The molecule has 1 N–H and O–H groups in total. The van der Waals surface area contributed by atoms with Crippen LogP contribution in [0, 0.1) is 13.8 Å². The number of ether oxygens (including phenoxy) is 1. The highest BCUT2D eigenvalue weighted by Crippen LogP contribution is 2.30. The number of hydrogen-bond acceptors (Lipinski definition) is 2. The van der Waals surface area contributed by atoms with Crippen LogP contribution in [0.3, 0.4) is 0 Å². The maximum atomic E-state index is 12.6. The molecule has 0 aliphatic heterocycles. The second-order valence-electron chi connectivity index (χ2n) is 5.78. The fourth-order valence-corrected chi connectivity index (χ4v) is 2.29. The summed E-state index contributed by atoms with van der Waals surface area (Å²) in [5, 5.41) is 2.59. The van der Waals surface area contributed by atoms with Crippen molar-refractivity contribution in [2.24, 2.45) is 0 Å². The molecule has 1 atom stereocenters. The van der Waals surface area contributed by atoms with Gasteiger partial charge in [-0.2, -0.15) is 13.2 Å². The van der Waals surface area contributed by atoms with Crippen LogP contribution in [0.5, 0.6) is 5.75 Å². The number of carbonyl (C=O) groups is 1. The highest BCUT2D eigenvalue weighted by atomic mass is 19.4. The molecule has 0 aromatic heterocycles. The number of hydrogen-bond donors (Lipinski definition) is 1. The Balaban J connectivity index is 2.08. The highest BCUT2D eigenvalue weighted by Gasteiger charge is 2.30. The van der Waals surface area contributed by atoms with E-state index in [9.17, 15) is 18.0 Å². The zero-order chi connectivity index (χ0) is 18.6. The van der Waals surface area contributed by atoms with Gasteiger partial charge in [0, 0.05) is 5.69 Å². The minimum Gasteiger partial charge on any atom is -0.480 e. The Hall–Kier alpha value is -2.50. The Morgan fingerprint density at radius 3 is 2.32 bits per heavy atom. The van der Waals surface area contributed by atoms with Crippen LogP contribution in [-0.2, 0) is 11.0 Å². The van der Waals surface area contributed by atoms with Crippen molar-refractivity contribution in [3.05, 3.63) is 59.2 Å². The molecule has 2 aromatic rings. The van der Waals surface area contributed by atoms with Gasteiger partial charge in [0.05, 0.1) is 5.56 Å². The number of carbonyl (C=O) groups excluding carboxylic acids is 1. The summed E-state index contributed by atoms with van der Waals surface area (Å²) in [5.74, 6) is 0.220. The van der Waals surface area contributed by atoms with E-state index in [0.29, 0.717) is 17.9 Å². The van der Waals surface area contributed by atoms with E-state index in [0.717, 1.165) is 23.3 Å². The summed E-state index contributed by atoms with van der Waals surface area (Å²) in [6, 6.07) is 9.90. The largest absolute Gasteiger partial charge is 0.480 e. The van der Waals surface area contributed by atoms with Crippen molar-refractivity contribution in [1.82, 2.24) is 0 Å². The third kappa shape index (κ3) is 4.75. The summed E-state index contributed by atoms with van der Waals surface area (Å²) in [6.45, 7) is 5.67. The lowest BCUT2D eigenvalue weighted by Crippen LogP contribution is -2.32. The van der Waals surface area contributed by atoms with Crippen LogP contribution in [0.25, 0.3) is 0 Å². The van der Waals surface area contributed by atoms with E-state index >= 15 is 0 Å². The molecular formula is C19H20F3NO2. The Morgan fingerprint density at radius 1 is 1.12 bits per heavy atom. The number of nitrogens with one attached hydrogen (secondary N) is 1. The lowest BCUT2D eigenvalue weighted by molar-refractivity contribution is -0.137. The molecule has 25 heavy (non-hydrogen) atoms. The predicted molar refractivity (Wildman–Crippen MR) is 90.7 cm³/mol. The molecule has 0 aliphatic rings. The molecule has 0 radical (unpaired) electrons. The molecule has 0 saturated heterocycles. The van der Waals surface area contributed by atoms with Crippen LogP contribution in [0.1, 0.15) is 30.0 Å². The van der Waals surface area contributed by atoms with Crippen LogP contribution < -0.4 is 10.1 Å². The summed E-state index contributed by atoms with van der Waals surface area (Å²) in [5.41, 5.74) is 1.53. The Bertz CT molecular complexity index is 739. The van der Waals surface area contributed by atoms with Crippen LogP contribution in [0.4, 0.5) is 18.9 Å². The third-order valence-electron chi connectivity index (χ3n) is 3.97. The molecule has 3 nitrogen and oxygen atoms in total. The van der Waals surface area contributed by atoms with Crippen molar-refractivity contribution in [3.63, 3.8) is 0 Å². The Labute approximate surface area is 144 Å². The van der Waals surface area contributed by atoms with E-state index in [-0.39, 0.29) is 0 Å². The molecular weight excluding hydrogens is 331 g/mol. The Kier molecular flexibility index (Phi) is 5.72. The fourth-order valence-electron chi connectivity index (χ4n) is 2.29. The van der Waals surface area contributed by atoms with Crippen LogP contribution in [-0.4, -0.2) is 12.0 Å². The summed E-state index contributed by atoms with van der Waals surface area (Å²) in [6.07, 6.45) is -4.71. The first-order chi connectivity index (χ1) is 11.7. The van der Waals surface area contributed by atoms with Gasteiger partial charge >= 0.3 is 6.18 Å².